The van der Waals surface area contributed by atoms with E-state index in [4.69, 9.17) is 4.42 Å². The van der Waals surface area contributed by atoms with Gasteiger partial charge in [0.25, 0.3) is 0 Å². The van der Waals surface area contributed by atoms with E-state index >= 15 is 0 Å². The van der Waals surface area contributed by atoms with Crippen LogP contribution in [-0.4, -0.2) is 0 Å². The number of para-hydroxylation sites is 1. The molecule has 0 saturated carbocycles. The smallest absolute Gasteiger partial charge is 0.145 e. The van der Waals surface area contributed by atoms with Gasteiger partial charge in [-0.1, -0.05) is 115 Å². The number of furan rings is 1. The van der Waals surface area contributed by atoms with E-state index in [0.29, 0.717) is 0 Å². The first kappa shape index (κ1) is 23.5. The second-order valence-electron chi connectivity index (χ2n) is 10.6. The van der Waals surface area contributed by atoms with Crippen molar-refractivity contribution < 1.29 is 4.42 Å². The highest BCUT2D eigenvalue weighted by atomic mass is 16.3. The van der Waals surface area contributed by atoms with Gasteiger partial charge in [-0.05, 0) is 59.5 Å². The molecule has 0 spiro atoms. The van der Waals surface area contributed by atoms with Crippen LogP contribution in [0.5, 0.6) is 0 Å². The van der Waals surface area contributed by atoms with Gasteiger partial charge in [-0.3, -0.25) is 0 Å². The summed E-state index contributed by atoms with van der Waals surface area (Å²) in [5, 5.41) is 1.11. The zero-order chi connectivity index (χ0) is 27.3. The Hall–Kier alpha value is -5.34. The third kappa shape index (κ3) is 3.72. The van der Waals surface area contributed by atoms with Crippen LogP contribution in [0.15, 0.2) is 150 Å². The molecule has 41 heavy (non-hydrogen) atoms. The zero-order valence-corrected chi connectivity index (χ0v) is 22.7. The third-order valence-electron chi connectivity index (χ3n) is 8.07. The number of anilines is 3. The van der Waals surface area contributed by atoms with Crippen LogP contribution in [0.3, 0.4) is 0 Å². The van der Waals surface area contributed by atoms with Gasteiger partial charge in [0.05, 0.1) is 11.4 Å². The Morgan fingerprint density at radius 2 is 1.15 bits per heavy atom. The van der Waals surface area contributed by atoms with Crippen molar-refractivity contribution in [2.75, 3.05) is 4.90 Å². The predicted molar refractivity (Wildman–Crippen MR) is 171 cm³/mol. The molecule has 0 aliphatic carbocycles. The summed E-state index contributed by atoms with van der Waals surface area (Å²) in [5.41, 5.74) is 13.5. The highest BCUT2D eigenvalue weighted by Crippen LogP contribution is 2.55. The normalized spacial score (nSPS) is 12.0. The molecule has 2 nitrogen and oxygen atoms in total. The zero-order valence-electron chi connectivity index (χ0n) is 22.7. The summed E-state index contributed by atoms with van der Waals surface area (Å²) >= 11 is 0. The summed E-state index contributed by atoms with van der Waals surface area (Å²) in [6, 6.07) is 51.7. The predicted octanol–water partition coefficient (Wildman–Crippen LogP) is 11.2. The van der Waals surface area contributed by atoms with E-state index < -0.39 is 0 Å². The SMILES string of the molecule is Cc1cccc(N2c3ccccc3-c3ccccc3-c3c2ccc2c(-c4ccccc4)c(-c4ccccc4)oc32)c1. The Bertz CT molecular complexity index is 2050. The minimum Gasteiger partial charge on any atom is -0.455 e. The van der Waals surface area contributed by atoms with E-state index in [2.05, 4.69) is 151 Å². The van der Waals surface area contributed by atoms with Crippen molar-refractivity contribution in [3.8, 4) is 44.7 Å². The minimum atomic E-state index is 0.890. The summed E-state index contributed by atoms with van der Waals surface area (Å²) in [6.45, 7) is 2.15. The molecule has 2 heteroatoms. The van der Waals surface area contributed by atoms with Crippen LogP contribution < -0.4 is 4.90 Å². The maximum absolute atomic E-state index is 7.03. The van der Waals surface area contributed by atoms with Crippen molar-refractivity contribution in [1.82, 2.24) is 0 Å². The maximum Gasteiger partial charge on any atom is 0.145 e. The number of benzene rings is 6. The van der Waals surface area contributed by atoms with Crippen LogP contribution in [0.25, 0.3) is 55.7 Å². The quantitative estimate of drug-likeness (QED) is 0.228. The Labute approximate surface area is 239 Å². The van der Waals surface area contributed by atoms with Gasteiger partial charge in [-0.2, -0.15) is 0 Å². The Morgan fingerprint density at radius 3 is 1.90 bits per heavy atom. The van der Waals surface area contributed by atoms with Crippen LogP contribution in [0, 0.1) is 6.92 Å². The summed E-state index contributed by atoms with van der Waals surface area (Å²) in [7, 11) is 0. The molecule has 0 N–H and O–H groups in total. The molecule has 0 bridgehead atoms. The van der Waals surface area contributed by atoms with E-state index in [1.807, 2.05) is 6.07 Å². The molecule has 0 unspecified atom stereocenters. The fraction of sp³-hybridized carbons (Fsp3) is 0.0256. The van der Waals surface area contributed by atoms with Crippen molar-refractivity contribution in [2.24, 2.45) is 0 Å². The number of hydrogen-bond donors (Lipinski definition) is 0. The lowest BCUT2D eigenvalue weighted by molar-refractivity contribution is 0.633. The first-order valence-electron chi connectivity index (χ1n) is 14.0. The Balaban J connectivity index is 1.53. The van der Waals surface area contributed by atoms with Gasteiger partial charge < -0.3 is 9.32 Å². The molecule has 1 aliphatic heterocycles. The van der Waals surface area contributed by atoms with Crippen molar-refractivity contribution in [3.63, 3.8) is 0 Å². The molecule has 7 aromatic rings. The van der Waals surface area contributed by atoms with Crippen LogP contribution >= 0.6 is 0 Å². The number of nitrogens with zero attached hydrogens (tertiary/aromatic N) is 1. The van der Waals surface area contributed by atoms with Gasteiger partial charge in [-0.25, -0.2) is 0 Å². The minimum absolute atomic E-state index is 0.890. The van der Waals surface area contributed by atoms with Crippen LogP contribution in [-0.2, 0) is 0 Å². The fourth-order valence-corrected chi connectivity index (χ4v) is 6.29. The fourth-order valence-electron chi connectivity index (χ4n) is 6.29. The van der Waals surface area contributed by atoms with Crippen LogP contribution in [0.2, 0.25) is 0 Å². The van der Waals surface area contributed by atoms with Gasteiger partial charge >= 0.3 is 0 Å². The topological polar surface area (TPSA) is 16.4 Å². The first-order valence-corrected chi connectivity index (χ1v) is 14.0. The summed E-state index contributed by atoms with van der Waals surface area (Å²) < 4.78 is 7.03. The van der Waals surface area contributed by atoms with Crippen molar-refractivity contribution in [3.05, 3.63) is 151 Å². The molecule has 0 atom stereocenters. The molecular formula is C39H27NO. The summed E-state index contributed by atoms with van der Waals surface area (Å²) in [6.07, 6.45) is 0. The molecule has 8 rings (SSSR count). The molecule has 1 aliphatic rings. The lowest BCUT2D eigenvalue weighted by Gasteiger charge is -2.27. The van der Waals surface area contributed by atoms with Gasteiger partial charge in [0.15, 0.2) is 0 Å². The molecule has 2 heterocycles. The molecule has 194 valence electrons. The highest BCUT2D eigenvalue weighted by Gasteiger charge is 2.30. The standard InChI is InChI=1S/C39H27NO/c1-26-13-12-18-29(25-26)40-34-22-11-10-20-31(34)30-19-8-9-21-32(30)37-35(40)24-23-33-36(27-14-4-2-5-15-27)38(41-39(33)37)28-16-6-3-7-17-28/h2-25H,1H3. The molecule has 1 aromatic heterocycles. The first-order chi connectivity index (χ1) is 20.3. The van der Waals surface area contributed by atoms with E-state index in [-0.39, 0.29) is 0 Å². The number of fused-ring (bicyclic) bond motifs is 7. The molecule has 0 saturated heterocycles. The maximum atomic E-state index is 7.03. The number of aryl methyl sites for hydroxylation is 1. The van der Waals surface area contributed by atoms with Crippen LogP contribution in [0.4, 0.5) is 17.1 Å². The molecular weight excluding hydrogens is 498 g/mol. The van der Waals surface area contributed by atoms with Crippen molar-refractivity contribution >= 4 is 28.0 Å². The van der Waals surface area contributed by atoms with Gasteiger partial charge in [0.1, 0.15) is 11.3 Å². The lowest BCUT2D eigenvalue weighted by Crippen LogP contribution is -2.11. The van der Waals surface area contributed by atoms with Gasteiger partial charge in [0.2, 0.25) is 0 Å². The second-order valence-corrected chi connectivity index (χ2v) is 10.6. The van der Waals surface area contributed by atoms with E-state index in [9.17, 15) is 0 Å². The Morgan fingerprint density at radius 1 is 0.488 bits per heavy atom. The van der Waals surface area contributed by atoms with Gasteiger partial charge in [-0.15, -0.1) is 0 Å². The van der Waals surface area contributed by atoms with Gasteiger partial charge in [0, 0.05) is 33.3 Å². The molecule has 0 amide bonds. The Kier molecular flexibility index (Phi) is 5.39. The molecule has 0 fully saturated rings. The van der Waals surface area contributed by atoms with E-state index in [1.54, 1.807) is 0 Å². The largest absolute Gasteiger partial charge is 0.455 e. The van der Waals surface area contributed by atoms with Crippen LogP contribution in [0.1, 0.15) is 5.56 Å². The average molecular weight is 526 g/mol. The molecule has 6 aromatic carbocycles. The monoisotopic (exact) mass is 525 g/mol. The third-order valence-corrected chi connectivity index (χ3v) is 8.07. The van der Waals surface area contributed by atoms with Crippen molar-refractivity contribution in [1.29, 1.82) is 0 Å². The van der Waals surface area contributed by atoms with E-state index in [0.717, 1.165) is 56.0 Å². The highest BCUT2D eigenvalue weighted by molar-refractivity contribution is 6.14. The number of rotatable bonds is 3. The van der Waals surface area contributed by atoms with Crippen molar-refractivity contribution in [2.45, 2.75) is 6.92 Å². The second kappa shape index (κ2) is 9.39. The molecule has 0 radical (unpaired) electrons. The summed E-state index contributed by atoms with van der Waals surface area (Å²) in [4.78, 5) is 2.39. The van der Waals surface area contributed by atoms with E-state index in [1.165, 1.54) is 22.3 Å². The number of hydrogen-bond acceptors (Lipinski definition) is 2. The average Bonchev–Trinajstić information content (AvgIpc) is 3.36. The lowest BCUT2D eigenvalue weighted by atomic mass is 9.92. The summed E-state index contributed by atoms with van der Waals surface area (Å²) in [5.74, 6) is 0.890.